The smallest absolute Gasteiger partial charge is 0.252 e. The van der Waals surface area contributed by atoms with Crippen molar-refractivity contribution in [2.75, 3.05) is 13.1 Å². The van der Waals surface area contributed by atoms with Crippen LogP contribution in [0.5, 0.6) is 0 Å². The molecule has 7 heteroatoms. The summed E-state index contributed by atoms with van der Waals surface area (Å²) < 4.78 is 26.7. The third kappa shape index (κ3) is 4.05. The Balaban J connectivity index is 1.61. The molecular formula is C18H20N2O3S2. The summed E-state index contributed by atoms with van der Waals surface area (Å²) in [4.78, 5) is 13.3. The molecule has 0 atom stereocenters. The molecule has 0 unspecified atom stereocenters. The van der Waals surface area contributed by atoms with Gasteiger partial charge in [0, 0.05) is 24.0 Å². The molecule has 25 heavy (non-hydrogen) atoms. The second-order valence-corrected chi connectivity index (χ2v) is 8.40. The maximum absolute atomic E-state index is 12.6. The number of rotatable bonds is 4. The van der Waals surface area contributed by atoms with Crippen LogP contribution >= 0.6 is 12.6 Å². The Morgan fingerprint density at radius 2 is 1.60 bits per heavy atom. The molecule has 1 fully saturated rings. The molecule has 1 aliphatic rings. The van der Waals surface area contributed by atoms with Gasteiger partial charge in [-0.15, -0.1) is 12.6 Å². The Hall–Kier alpha value is -1.83. The van der Waals surface area contributed by atoms with Crippen LogP contribution in [0.15, 0.2) is 64.4 Å². The zero-order valence-electron chi connectivity index (χ0n) is 13.6. The number of nitrogens with one attached hydrogen (secondary N) is 1. The molecule has 0 radical (unpaired) electrons. The lowest BCUT2D eigenvalue weighted by Gasteiger charge is -2.31. The summed E-state index contributed by atoms with van der Waals surface area (Å²) in [5.41, 5.74) is 0.533. The average molecular weight is 377 g/mol. The van der Waals surface area contributed by atoms with E-state index >= 15 is 0 Å². The Morgan fingerprint density at radius 3 is 2.24 bits per heavy atom. The van der Waals surface area contributed by atoms with Gasteiger partial charge in [0.05, 0.1) is 10.5 Å². The summed E-state index contributed by atoms with van der Waals surface area (Å²) in [7, 11) is -3.46. The SMILES string of the molecule is O=C(NC1CCN(S(=O)(=O)c2ccccc2)CC1)c1ccccc1S. The molecule has 1 heterocycles. The summed E-state index contributed by atoms with van der Waals surface area (Å²) in [5, 5.41) is 2.98. The third-order valence-corrected chi connectivity index (χ3v) is 6.62. The van der Waals surface area contributed by atoms with E-state index in [9.17, 15) is 13.2 Å². The Labute approximate surface area is 153 Å². The van der Waals surface area contributed by atoms with E-state index in [1.165, 1.54) is 4.31 Å². The average Bonchev–Trinajstić information content (AvgIpc) is 2.63. The molecule has 0 aliphatic carbocycles. The molecule has 1 N–H and O–H groups in total. The molecule has 0 aromatic heterocycles. The van der Waals surface area contributed by atoms with Crippen molar-refractivity contribution in [3.8, 4) is 0 Å². The predicted octanol–water partition coefficient (Wildman–Crippen LogP) is 2.56. The van der Waals surface area contributed by atoms with Gasteiger partial charge in [-0.3, -0.25) is 4.79 Å². The number of hydrogen-bond donors (Lipinski definition) is 2. The molecule has 3 rings (SSSR count). The number of piperidine rings is 1. The van der Waals surface area contributed by atoms with Crippen molar-refractivity contribution in [2.24, 2.45) is 0 Å². The van der Waals surface area contributed by atoms with E-state index in [0.29, 0.717) is 41.3 Å². The van der Waals surface area contributed by atoms with Crippen LogP contribution < -0.4 is 5.32 Å². The van der Waals surface area contributed by atoms with Gasteiger partial charge in [-0.2, -0.15) is 4.31 Å². The molecular weight excluding hydrogens is 356 g/mol. The van der Waals surface area contributed by atoms with E-state index in [1.54, 1.807) is 48.5 Å². The predicted molar refractivity (Wildman–Crippen MR) is 99.4 cm³/mol. The molecule has 2 aromatic rings. The molecule has 0 spiro atoms. The normalized spacial score (nSPS) is 16.5. The number of sulfonamides is 1. The van der Waals surface area contributed by atoms with Crippen molar-refractivity contribution in [1.29, 1.82) is 0 Å². The second-order valence-electron chi connectivity index (χ2n) is 5.98. The van der Waals surface area contributed by atoms with Gasteiger partial charge in [-0.25, -0.2) is 8.42 Å². The molecule has 132 valence electrons. The monoisotopic (exact) mass is 376 g/mol. The molecule has 1 saturated heterocycles. The number of carbonyl (C=O) groups is 1. The Bertz CT molecular complexity index is 846. The van der Waals surface area contributed by atoms with E-state index < -0.39 is 10.0 Å². The maximum Gasteiger partial charge on any atom is 0.252 e. The second kappa shape index (κ2) is 7.59. The first-order valence-corrected chi connectivity index (χ1v) is 10.0. The van der Waals surface area contributed by atoms with Crippen LogP contribution in [-0.2, 0) is 10.0 Å². The minimum atomic E-state index is -3.46. The quantitative estimate of drug-likeness (QED) is 0.806. The Morgan fingerprint density at radius 1 is 1.00 bits per heavy atom. The van der Waals surface area contributed by atoms with Crippen LogP contribution in [0.1, 0.15) is 23.2 Å². The van der Waals surface area contributed by atoms with E-state index in [4.69, 9.17) is 0 Å². The van der Waals surface area contributed by atoms with Crippen LogP contribution in [0, 0.1) is 0 Å². The highest BCUT2D eigenvalue weighted by Crippen LogP contribution is 2.21. The first-order valence-electron chi connectivity index (χ1n) is 8.12. The van der Waals surface area contributed by atoms with Crippen molar-refractivity contribution in [3.63, 3.8) is 0 Å². The summed E-state index contributed by atoms with van der Waals surface area (Å²) >= 11 is 4.30. The van der Waals surface area contributed by atoms with Crippen LogP contribution in [0.3, 0.4) is 0 Å². The van der Waals surface area contributed by atoms with Gasteiger partial charge in [-0.1, -0.05) is 30.3 Å². The highest BCUT2D eigenvalue weighted by Gasteiger charge is 2.30. The summed E-state index contributed by atoms with van der Waals surface area (Å²) in [5.74, 6) is -0.171. The summed E-state index contributed by atoms with van der Waals surface area (Å²) in [6.45, 7) is 0.787. The molecule has 2 aromatic carbocycles. The molecule has 5 nitrogen and oxygen atoms in total. The van der Waals surface area contributed by atoms with Gasteiger partial charge >= 0.3 is 0 Å². The fourth-order valence-electron chi connectivity index (χ4n) is 2.91. The molecule has 1 amide bonds. The van der Waals surface area contributed by atoms with E-state index in [2.05, 4.69) is 17.9 Å². The van der Waals surface area contributed by atoms with Gasteiger partial charge in [-0.05, 0) is 37.1 Å². The highest BCUT2D eigenvalue weighted by molar-refractivity contribution is 7.89. The minimum absolute atomic E-state index is 0.0392. The fraction of sp³-hybridized carbons (Fsp3) is 0.278. The minimum Gasteiger partial charge on any atom is -0.349 e. The van der Waals surface area contributed by atoms with E-state index in [0.717, 1.165) is 0 Å². The number of amides is 1. The van der Waals surface area contributed by atoms with Crippen molar-refractivity contribution in [1.82, 2.24) is 9.62 Å². The fourth-order valence-corrected chi connectivity index (χ4v) is 4.66. The number of carbonyl (C=O) groups excluding carboxylic acids is 1. The standard InChI is InChI=1S/C18H20N2O3S2/c21-18(16-8-4-5-9-17(16)24)19-14-10-12-20(13-11-14)25(22,23)15-6-2-1-3-7-15/h1-9,14,24H,10-13H2,(H,19,21). The summed E-state index contributed by atoms with van der Waals surface area (Å²) in [6, 6.07) is 15.5. The van der Waals surface area contributed by atoms with E-state index in [-0.39, 0.29) is 11.9 Å². The van der Waals surface area contributed by atoms with Gasteiger partial charge in [0.1, 0.15) is 0 Å². The van der Waals surface area contributed by atoms with Crippen LogP contribution in [0.2, 0.25) is 0 Å². The van der Waals surface area contributed by atoms with Crippen LogP contribution in [0.25, 0.3) is 0 Å². The van der Waals surface area contributed by atoms with Crippen molar-refractivity contribution in [3.05, 3.63) is 60.2 Å². The largest absolute Gasteiger partial charge is 0.349 e. The third-order valence-electron chi connectivity index (χ3n) is 4.32. The molecule has 0 saturated carbocycles. The first kappa shape index (κ1) is 18.0. The number of thiol groups is 1. The van der Waals surface area contributed by atoms with Crippen molar-refractivity contribution < 1.29 is 13.2 Å². The number of nitrogens with zero attached hydrogens (tertiary/aromatic N) is 1. The highest BCUT2D eigenvalue weighted by atomic mass is 32.2. The van der Waals surface area contributed by atoms with E-state index in [1.807, 2.05) is 6.07 Å². The van der Waals surface area contributed by atoms with Gasteiger partial charge in [0.25, 0.3) is 5.91 Å². The van der Waals surface area contributed by atoms with Gasteiger partial charge in [0.15, 0.2) is 0 Å². The lowest BCUT2D eigenvalue weighted by Crippen LogP contribution is -2.46. The van der Waals surface area contributed by atoms with Crippen molar-refractivity contribution >= 4 is 28.6 Å². The van der Waals surface area contributed by atoms with Gasteiger partial charge in [0.2, 0.25) is 10.0 Å². The van der Waals surface area contributed by atoms with Crippen molar-refractivity contribution in [2.45, 2.75) is 28.7 Å². The maximum atomic E-state index is 12.6. The lowest BCUT2D eigenvalue weighted by molar-refractivity contribution is 0.0921. The molecule has 1 aliphatic heterocycles. The topological polar surface area (TPSA) is 66.5 Å². The lowest BCUT2D eigenvalue weighted by atomic mass is 10.1. The zero-order valence-corrected chi connectivity index (χ0v) is 15.3. The number of hydrogen-bond acceptors (Lipinski definition) is 4. The zero-order chi connectivity index (χ0) is 17.9. The van der Waals surface area contributed by atoms with Crippen LogP contribution in [-0.4, -0.2) is 37.8 Å². The van der Waals surface area contributed by atoms with Gasteiger partial charge < -0.3 is 5.32 Å². The van der Waals surface area contributed by atoms with Crippen LogP contribution in [0.4, 0.5) is 0 Å². The summed E-state index contributed by atoms with van der Waals surface area (Å²) in [6.07, 6.45) is 1.18. The molecule has 0 bridgehead atoms. The Kier molecular flexibility index (Phi) is 5.46. The first-order chi connectivity index (χ1) is 12.0. The number of benzene rings is 2.